The van der Waals surface area contributed by atoms with Crippen LogP contribution in [0.2, 0.25) is 0 Å². The summed E-state index contributed by atoms with van der Waals surface area (Å²) in [5.41, 5.74) is 3.96. The number of benzene rings is 1. The van der Waals surface area contributed by atoms with E-state index in [-0.39, 0.29) is 0 Å². The molecule has 0 N–H and O–H groups in total. The summed E-state index contributed by atoms with van der Waals surface area (Å²) >= 11 is 0. The lowest BCUT2D eigenvalue weighted by atomic mass is 10.2. The predicted molar refractivity (Wildman–Crippen MR) is 83.1 cm³/mol. The molecule has 0 aliphatic carbocycles. The Morgan fingerprint density at radius 3 is 2.59 bits per heavy atom. The molecule has 0 saturated carbocycles. The lowest BCUT2D eigenvalue weighted by molar-refractivity contribution is 0.205. The molecule has 3 heterocycles. The summed E-state index contributed by atoms with van der Waals surface area (Å²) in [7, 11) is 0. The zero-order chi connectivity index (χ0) is 15.1. The van der Waals surface area contributed by atoms with E-state index in [2.05, 4.69) is 24.6 Å². The van der Waals surface area contributed by atoms with E-state index in [0.717, 1.165) is 60.2 Å². The molecule has 6 heteroatoms. The number of hydrogen-bond donors (Lipinski definition) is 0. The van der Waals surface area contributed by atoms with Crippen LogP contribution < -0.4 is 0 Å². The molecule has 0 atom stereocenters. The second-order valence-corrected chi connectivity index (χ2v) is 5.77. The fourth-order valence-corrected chi connectivity index (χ4v) is 2.97. The molecule has 0 unspecified atom stereocenters. The van der Waals surface area contributed by atoms with Crippen LogP contribution in [0.3, 0.4) is 0 Å². The minimum Gasteiger partial charge on any atom is -0.313 e. The summed E-state index contributed by atoms with van der Waals surface area (Å²) in [5, 5.41) is 8.41. The molecule has 0 radical (unpaired) electrons. The van der Waals surface area contributed by atoms with Gasteiger partial charge in [-0.1, -0.05) is 12.1 Å². The van der Waals surface area contributed by atoms with Gasteiger partial charge in [-0.15, -0.1) is 10.2 Å². The summed E-state index contributed by atoms with van der Waals surface area (Å²) in [6, 6.07) is 8.02. The SMILES string of the molecule is Cc1nc2ccccc2nc1CN1CCn2c(C)nnc2C1. The van der Waals surface area contributed by atoms with Crippen LogP contribution >= 0.6 is 0 Å². The van der Waals surface area contributed by atoms with Crippen LogP contribution in [0.4, 0.5) is 0 Å². The van der Waals surface area contributed by atoms with Crippen molar-refractivity contribution in [2.45, 2.75) is 33.5 Å². The fourth-order valence-electron chi connectivity index (χ4n) is 2.97. The maximum Gasteiger partial charge on any atom is 0.147 e. The standard InChI is InChI=1S/C16H18N6/c1-11-15(18-14-6-4-3-5-13(14)17-11)9-21-7-8-22-12(2)19-20-16(22)10-21/h3-6H,7-10H2,1-2H3. The topological polar surface area (TPSA) is 59.7 Å². The average Bonchev–Trinajstić information content (AvgIpc) is 2.89. The summed E-state index contributed by atoms with van der Waals surface area (Å²) in [5.74, 6) is 2.03. The van der Waals surface area contributed by atoms with Crippen molar-refractivity contribution in [3.8, 4) is 0 Å². The number of rotatable bonds is 2. The van der Waals surface area contributed by atoms with Crippen molar-refractivity contribution >= 4 is 11.0 Å². The highest BCUT2D eigenvalue weighted by atomic mass is 15.3. The molecule has 0 amide bonds. The molecule has 0 bridgehead atoms. The maximum atomic E-state index is 4.78. The van der Waals surface area contributed by atoms with Crippen molar-refractivity contribution < 1.29 is 0 Å². The second kappa shape index (κ2) is 5.14. The first-order valence-electron chi connectivity index (χ1n) is 7.54. The van der Waals surface area contributed by atoms with Crippen LogP contribution in [0.25, 0.3) is 11.0 Å². The third-order valence-corrected chi connectivity index (χ3v) is 4.23. The van der Waals surface area contributed by atoms with Crippen LogP contribution in [0.5, 0.6) is 0 Å². The van der Waals surface area contributed by atoms with Crippen LogP contribution in [-0.4, -0.2) is 36.2 Å². The van der Waals surface area contributed by atoms with E-state index < -0.39 is 0 Å². The molecule has 0 spiro atoms. The van der Waals surface area contributed by atoms with Gasteiger partial charge in [0.15, 0.2) is 0 Å². The Hall–Kier alpha value is -2.34. The highest BCUT2D eigenvalue weighted by Crippen LogP contribution is 2.17. The van der Waals surface area contributed by atoms with Gasteiger partial charge in [0.05, 0.1) is 29.0 Å². The van der Waals surface area contributed by atoms with Gasteiger partial charge in [0.25, 0.3) is 0 Å². The van der Waals surface area contributed by atoms with E-state index in [0.29, 0.717) is 0 Å². The Labute approximate surface area is 128 Å². The molecule has 1 aliphatic rings. The first kappa shape index (κ1) is 13.3. The Balaban J connectivity index is 1.60. The molecule has 112 valence electrons. The van der Waals surface area contributed by atoms with Crippen LogP contribution in [0, 0.1) is 13.8 Å². The van der Waals surface area contributed by atoms with E-state index in [4.69, 9.17) is 4.98 Å². The number of aromatic nitrogens is 5. The van der Waals surface area contributed by atoms with Crippen LogP contribution in [0.15, 0.2) is 24.3 Å². The highest BCUT2D eigenvalue weighted by molar-refractivity contribution is 5.74. The van der Waals surface area contributed by atoms with Gasteiger partial charge in [0.1, 0.15) is 11.6 Å². The number of para-hydroxylation sites is 2. The zero-order valence-electron chi connectivity index (χ0n) is 12.8. The number of nitrogens with zero attached hydrogens (tertiary/aromatic N) is 6. The van der Waals surface area contributed by atoms with Crippen LogP contribution in [-0.2, 0) is 19.6 Å². The fraction of sp³-hybridized carbons (Fsp3) is 0.375. The molecule has 4 rings (SSSR count). The maximum absolute atomic E-state index is 4.78. The first-order valence-corrected chi connectivity index (χ1v) is 7.54. The molecule has 1 aromatic carbocycles. The minimum atomic E-state index is 0.801. The molecule has 6 nitrogen and oxygen atoms in total. The van der Waals surface area contributed by atoms with Crippen molar-refractivity contribution in [1.29, 1.82) is 0 Å². The average molecular weight is 294 g/mol. The van der Waals surface area contributed by atoms with Crippen molar-refractivity contribution in [3.63, 3.8) is 0 Å². The van der Waals surface area contributed by atoms with E-state index in [1.807, 2.05) is 38.1 Å². The summed E-state index contributed by atoms with van der Waals surface area (Å²) in [6.45, 7) is 7.58. The van der Waals surface area contributed by atoms with Gasteiger partial charge in [0.2, 0.25) is 0 Å². The summed E-state index contributed by atoms with van der Waals surface area (Å²) in [6.07, 6.45) is 0. The van der Waals surface area contributed by atoms with E-state index >= 15 is 0 Å². The van der Waals surface area contributed by atoms with Crippen molar-refractivity contribution in [2.24, 2.45) is 0 Å². The van der Waals surface area contributed by atoms with Gasteiger partial charge in [-0.2, -0.15) is 0 Å². The quantitative estimate of drug-likeness (QED) is 0.722. The normalized spacial score (nSPS) is 15.2. The predicted octanol–water partition coefficient (Wildman–Crippen LogP) is 1.85. The lowest BCUT2D eigenvalue weighted by Gasteiger charge is -2.27. The third-order valence-electron chi connectivity index (χ3n) is 4.23. The number of fused-ring (bicyclic) bond motifs is 2. The van der Waals surface area contributed by atoms with Crippen molar-refractivity contribution in [1.82, 2.24) is 29.6 Å². The zero-order valence-corrected chi connectivity index (χ0v) is 12.8. The Morgan fingerprint density at radius 1 is 1.00 bits per heavy atom. The second-order valence-electron chi connectivity index (χ2n) is 5.77. The minimum absolute atomic E-state index is 0.801. The summed E-state index contributed by atoms with van der Waals surface area (Å²) < 4.78 is 2.19. The molecule has 1 aliphatic heterocycles. The molecule has 2 aromatic heterocycles. The van der Waals surface area contributed by atoms with Gasteiger partial charge in [-0.25, -0.2) is 9.97 Å². The van der Waals surface area contributed by atoms with Gasteiger partial charge >= 0.3 is 0 Å². The number of hydrogen-bond acceptors (Lipinski definition) is 5. The molecule has 0 fully saturated rings. The van der Waals surface area contributed by atoms with Gasteiger partial charge in [-0.3, -0.25) is 4.90 Å². The third kappa shape index (κ3) is 2.25. The van der Waals surface area contributed by atoms with E-state index in [1.54, 1.807) is 0 Å². The van der Waals surface area contributed by atoms with Gasteiger partial charge in [0, 0.05) is 19.6 Å². The molecular weight excluding hydrogens is 276 g/mol. The van der Waals surface area contributed by atoms with E-state index in [9.17, 15) is 0 Å². The van der Waals surface area contributed by atoms with Crippen molar-refractivity contribution in [2.75, 3.05) is 6.54 Å². The Bertz CT molecular complexity index is 838. The number of aryl methyl sites for hydroxylation is 2. The highest BCUT2D eigenvalue weighted by Gasteiger charge is 2.20. The Morgan fingerprint density at radius 2 is 1.77 bits per heavy atom. The molecule has 22 heavy (non-hydrogen) atoms. The monoisotopic (exact) mass is 294 g/mol. The Kier molecular flexibility index (Phi) is 3.11. The smallest absolute Gasteiger partial charge is 0.147 e. The lowest BCUT2D eigenvalue weighted by Crippen LogP contribution is -2.34. The summed E-state index contributed by atoms with van der Waals surface area (Å²) in [4.78, 5) is 11.8. The molecule has 0 saturated heterocycles. The van der Waals surface area contributed by atoms with Gasteiger partial charge < -0.3 is 4.57 Å². The molecule has 3 aromatic rings. The first-order chi connectivity index (χ1) is 10.7. The van der Waals surface area contributed by atoms with Crippen LogP contribution in [0.1, 0.15) is 23.0 Å². The van der Waals surface area contributed by atoms with Crippen molar-refractivity contribution in [3.05, 3.63) is 47.3 Å². The van der Waals surface area contributed by atoms with Gasteiger partial charge in [-0.05, 0) is 26.0 Å². The molecular formula is C16H18N6. The van der Waals surface area contributed by atoms with E-state index in [1.165, 1.54) is 0 Å². The largest absolute Gasteiger partial charge is 0.313 e.